The van der Waals surface area contributed by atoms with Gasteiger partial charge < -0.3 is 9.47 Å². The summed E-state index contributed by atoms with van der Waals surface area (Å²) < 4.78 is 11.6. The van der Waals surface area contributed by atoms with Gasteiger partial charge in [0.15, 0.2) is 5.13 Å². The number of anilines is 1. The summed E-state index contributed by atoms with van der Waals surface area (Å²) in [5.41, 5.74) is 3.49. The molecule has 0 fully saturated rings. The van der Waals surface area contributed by atoms with Crippen molar-refractivity contribution in [3.63, 3.8) is 0 Å². The minimum atomic E-state index is -0.0690. The van der Waals surface area contributed by atoms with Gasteiger partial charge in [0, 0.05) is 12.4 Å². The van der Waals surface area contributed by atoms with Crippen LogP contribution in [0.2, 0.25) is 5.02 Å². The molecule has 32 heavy (non-hydrogen) atoms. The number of nitrogens with zero attached hydrogens (tertiary/aromatic N) is 3. The van der Waals surface area contributed by atoms with Crippen molar-refractivity contribution in [2.75, 3.05) is 19.1 Å². The van der Waals surface area contributed by atoms with Crippen LogP contribution in [0, 0.1) is 6.92 Å². The second-order valence-corrected chi connectivity index (χ2v) is 8.62. The molecular weight excluding hydrogens is 446 g/mol. The van der Waals surface area contributed by atoms with Gasteiger partial charge in [-0.3, -0.25) is 14.7 Å². The van der Waals surface area contributed by atoms with Crippen LogP contribution in [0.5, 0.6) is 11.5 Å². The minimum Gasteiger partial charge on any atom is -0.496 e. The lowest BCUT2D eigenvalue weighted by Gasteiger charge is -2.20. The van der Waals surface area contributed by atoms with Crippen LogP contribution in [0.25, 0.3) is 10.2 Å². The maximum Gasteiger partial charge on any atom is 0.233 e. The molecule has 0 aliphatic carbocycles. The maximum atomic E-state index is 13.5. The van der Waals surface area contributed by atoms with E-state index in [2.05, 4.69) is 4.98 Å². The number of hydrogen-bond acceptors (Lipinski definition) is 6. The van der Waals surface area contributed by atoms with Gasteiger partial charge in [-0.05, 0) is 53.9 Å². The van der Waals surface area contributed by atoms with E-state index in [4.69, 9.17) is 26.1 Å². The number of aryl methyl sites for hydroxylation is 1. The molecule has 4 rings (SSSR count). The van der Waals surface area contributed by atoms with Crippen LogP contribution in [0.1, 0.15) is 16.7 Å². The highest BCUT2D eigenvalue weighted by molar-refractivity contribution is 7.23. The lowest BCUT2D eigenvalue weighted by molar-refractivity contribution is -0.118. The van der Waals surface area contributed by atoms with Gasteiger partial charge >= 0.3 is 0 Å². The number of rotatable bonds is 7. The molecule has 1 amide bonds. The van der Waals surface area contributed by atoms with Crippen LogP contribution < -0.4 is 14.4 Å². The molecule has 2 aromatic heterocycles. The average molecular weight is 468 g/mol. The Morgan fingerprint density at radius 3 is 2.44 bits per heavy atom. The Morgan fingerprint density at radius 2 is 1.75 bits per heavy atom. The molecule has 0 bridgehead atoms. The number of benzene rings is 2. The van der Waals surface area contributed by atoms with E-state index in [0.717, 1.165) is 27.1 Å². The summed E-state index contributed by atoms with van der Waals surface area (Å²) in [4.78, 5) is 24.0. The summed E-state index contributed by atoms with van der Waals surface area (Å²) in [5.74, 6) is 1.34. The molecule has 2 aromatic carbocycles. The van der Waals surface area contributed by atoms with Gasteiger partial charge in [0.2, 0.25) is 5.91 Å². The number of thiazole rings is 1. The summed E-state index contributed by atoms with van der Waals surface area (Å²) in [5, 5.41) is 1.14. The average Bonchev–Trinajstić information content (AvgIpc) is 3.24. The summed E-state index contributed by atoms with van der Waals surface area (Å²) >= 11 is 7.79. The Labute approximate surface area is 195 Å². The molecule has 0 radical (unpaired) electrons. The fourth-order valence-corrected chi connectivity index (χ4v) is 4.75. The van der Waals surface area contributed by atoms with Crippen molar-refractivity contribution < 1.29 is 14.3 Å². The van der Waals surface area contributed by atoms with Crippen molar-refractivity contribution in [1.82, 2.24) is 9.97 Å². The molecular formula is C24H22ClN3O3S. The van der Waals surface area contributed by atoms with E-state index in [1.54, 1.807) is 43.6 Å². The van der Waals surface area contributed by atoms with E-state index in [9.17, 15) is 4.79 Å². The lowest BCUT2D eigenvalue weighted by Crippen LogP contribution is -2.31. The zero-order chi connectivity index (χ0) is 22.7. The zero-order valence-electron chi connectivity index (χ0n) is 18.0. The molecule has 0 atom stereocenters. The molecule has 164 valence electrons. The smallest absolute Gasteiger partial charge is 0.233 e. The molecule has 4 aromatic rings. The van der Waals surface area contributed by atoms with Crippen LogP contribution in [0.4, 0.5) is 5.13 Å². The first-order valence-electron chi connectivity index (χ1n) is 9.96. The molecule has 6 nitrogen and oxygen atoms in total. The Balaban J connectivity index is 1.72. The van der Waals surface area contributed by atoms with E-state index in [1.165, 1.54) is 11.3 Å². The first-order chi connectivity index (χ1) is 15.5. The molecule has 0 saturated heterocycles. The molecule has 0 unspecified atom stereocenters. The predicted octanol–water partition coefficient (Wildman–Crippen LogP) is 5.45. The normalized spacial score (nSPS) is 10.9. The van der Waals surface area contributed by atoms with E-state index < -0.39 is 0 Å². The highest BCUT2D eigenvalue weighted by Gasteiger charge is 2.23. The number of carbonyl (C=O) groups is 1. The molecule has 2 heterocycles. The number of amides is 1. The van der Waals surface area contributed by atoms with Crippen molar-refractivity contribution in [2.45, 2.75) is 19.9 Å². The number of aromatic nitrogens is 2. The second-order valence-electron chi connectivity index (χ2n) is 7.24. The molecule has 0 saturated carbocycles. The number of methoxy groups -OCH3 is 2. The quantitative estimate of drug-likeness (QED) is 0.362. The van der Waals surface area contributed by atoms with E-state index in [0.29, 0.717) is 28.0 Å². The van der Waals surface area contributed by atoms with Gasteiger partial charge in [-0.1, -0.05) is 35.1 Å². The Kier molecular flexibility index (Phi) is 6.58. The highest BCUT2D eigenvalue weighted by Crippen LogP contribution is 2.39. The zero-order valence-corrected chi connectivity index (χ0v) is 19.5. The first kappa shape index (κ1) is 22.0. The number of hydrogen-bond donors (Lipinski definition) is 0. The number of carbonyl (C=O) groups excluding carboxylic acids is 1. The standard InChI is InChI=1S/C24H22ClN3O3S/c1-15-12-17(4-6-19(15)30-2)13-21(29)28(14-16-8-10-26-11-9-16)24-27-22-20(31-3)7-5-18(25)23(22)32-24/h4-12H,13-14H2,1-3H3. The molecule has 0 aliphatic rings. The third kappa shape index (κ3) is 4.54. The third-order valence-corrected chi connectivity index (χ3v) is 6.64. The van der Waals surface area contributed by atoms with Crippen LogP contribution >= 0.6 is 22.9 Å². The van der Waals surface area contributed by atoms with Gasteiger partial charge in [0.05, 0.1) is 36.9 Å². The fraction of sp³-hybridized carbons (Fsp3) is 0.208. The number of pyridine rings is 1. The fourth-order valence-electron chi connectivity index (χ4n) is 3.48. The molecule has 8 heteroatoms. The Hall–Kier alpha value is -3.16. The van der Waals surface area contributed by atoms with Gasteiger partial charge in [0.1, 0.15) is 17.0 Å². The van der Waals surface area contributed by atoms with E-state index in [1.807, 2.05) is 37.3 Å². The maximum absolute atomic E-state index is 13.5. The largest absolute Gasteiger partial charge is 0.496 e. The summed E-state index contributed by atoms with van der Waals surface area (Å²) in [6.07, 6.45) is 3.66. The van der Waals surface area contributed by atoms with Gasteiger partial charge in [-0.2, -0.15) is 0 Å². The number of fused-ring (bicyclic) bond motifs is 1. The van der Waals surface area contributed by atoms with Crippen LogP contribution in [-0.2, 0) is 17.8 Å². The van der Waals surface area contributed by atoms with Crippen molar-refractivity contribution in [3.05, 3.63) is 76.6 Å². The van der Waals surface area contributed by atoms with Gasteiger partial charge in [0.25, 0.3) is 0 Å². The highest BCUT2D eigenvalue weighted by atomic mass is 35.5. The number of halogens is 1. The summed E-state index contributed by atoms with van der Waals surface area (Å²) in [7, 11) is 3.23. The SMILES string of the molecule is COc1ccc(CC(=O)N(Cc2ccncc2)c2nc3c(OC)ccc(Cl)c3s2)cc1C. The van der Waals surface area contributed by atoms with Crippen molar-refractivity contribution >= 4 is 44.2 Å². The predicted molar refractivity (Wildman–Crippen MR) is 128 cm³/mol. The molecule has 0 spiro atoms. The van der Waals surface area contributed by atoms with Gasteiger partial charge in [-0.25, -0.2) is 4.98 Å². The lowest BCUT2D eigenvalue weighted by atomic mass is 10.1. The second kappa shape index (κ2) is 9.54. The van der Waals surface area contributed by atoms with Crippen molar-refractivity contribution in [2.24, 2.45) is 0 Å². The van der Waals surface area contributed by atoms with Gasteiger partial charge in [-0.15, -0.1) is 0 Å². The summed E-state index contributed by atoms with van der Waals surface area (Å²) in [6, 6.07) is 13.1. The van der Waals surface area contributed by atoms with Crippen LogP contribution in [0.15, 0.2) is 54.9 Å². The summed E-state index contributed by atoms with van der Waals surface area (Å²) in [6.45, 7) is 2.33. The molecule has 0 N–H and O–H groups in total. The van der Waals surface area contributed by atoms with Crippen LogP contribution in [-0.4, -0.2) is 30.1 Å². The van der Waals surface area contributed by atoms with Crippen molar-refractivity contribution in [1.29, 1.82) is 0 Å². The van der Waals surface area contributed by atoms with E-state index in [-0.39, 0.29) is 12.3 Å². The van der Waals surface area contributed by atoms with Crippen molar-refractivity contribution in [3.8, 4) is 11.5 Å². The Bertz CT molecular complexity index is 1260. The van der Waals surface area contributed by atoms with Crippen LogP contribution in [0.3, 0.4) is 0 Å². The Morgan fingerprint density at radius 1 is 1.03 bits per heavy atom. The number of ether oxygens (including phenoxy) is 2. The minimum absolute atomic E-state index is 0.0690. The molecule has 0 aliphatic heterocycles. The third-order valence-electron chi connectivity index (χ3n) is 5.10. The van der Waals surface area contributed by atoms with E-state index >= 15 is 0 Å². The first-order valence-corrected chi connectivity index (χ1v) is 11.2. The topological polar surface area (TPSA) is 64.5 Å². The monoisotopic (exact) mass is 467 g/mol.